The molecule has 0 saturated carbocycles. The molecule has 0 bridgehead atoms. The second-order valence-electron chi connectivity index (χ2n) is 6.29. The highest BCUT2D eigenvalue weighted by molar-refractivity contribution is 8.47. The van der Waals surface area contributed by atoms with Gasteiger partial charge in [0.15, 0.2) is 0 Å². The first-order chi connectivity index (χ1) is 8.41. The van der Waals surface area contributed by atoms with E-state index in [1.54, 1.807) is 0 Å². The topological polar surface area (TPSA) is 63.6 Å². The minimum atomic E-state index is -3.83. The summed E-state index contributed by atoms with van der Waals surface area (Å²) in [6.45, 7) is 1.08. The molecule has 120 valence electrons. The third kappa shape index (κ3) is 14.8. The summed E-state index contributed by atoms with van der Waals surface area (Å²) in [6.07, 6.45) is 13.2. The number of hydrogen-bond donors (Lipinski definition) is 1. The quantitative estimate of drug-likeness (QED) is 0.492. The van der Waals surface area contributed by atoms with Crippen molar-refractivity contribution in [2.24, 2.45) is 0 Å². The number of rotatable bonds is 10. The van der Waals surface area contributed by atoms with E-state index >= 15 is 0 Å². The van der Waals surface area contributed by atoms with Gasteiger partial charge in [0.25, 0.3) is 10.1 Å². The molecule has 0 aromatic rings. The fraction of sp³-hybridized carbons (Fsp3) is 1.00. The minimum Gasteiger partial charge on any atom is -0.381 e. The van der Waals surface area contributed by atoms with E-state index in [0.717, 1.165) is 6.42 Å². The lowest BCUT2D eigenvalue weighted by Gasteiger charge is -2.40. The molecule has 0 fully saturated rings. The van der Waals surface area contributed by atoms with Gasteiger partial charge in [0, 0.05) is 18.3 Å². The predicted octanol–water partition coefficient (Wildman–Crippen LogP) is 2.39. The van der Waals surface area contributed by atoms with E-state index in [9.17, 15) is 8.42 Å². The smallest absolute Gasteiger partial charge is 0.264 e. The van der Waals surface area contributed by atoms with Crippen LogP contribution in [0.25, 0.3) is 0 Å². The van der Waals surface area contributed by atoms with Crippen LogP contribution in [0.2, 0.25) is 0 Å². The summed E-state index contributed by atoms with van der Waals surface area (Å²) < 4.78 is 34.9. The van der Waals surface area contributed by atoms with Crippen LogP contribution in [-0.2, 0) is 14.9 Å². The molecule has 0 heterocycles. The molecular weight excluding hydrogens is 304 g/mol. The van der Waals surface area contributed by atoms with Gasteiger partial charge >= 0.3 is 0 Å². The Labute approximate surface area is 122 Å². The van der Waals surface area contributed by atoms with E-state index in [4.69, 9.17) is 9.29 Å². The van der Waals surface area contributed by atoms with Gasteiger partial charge in [-0.25, -0.2) is 20.1 Å². The van der Waals surface area contributed by atoms with Gasteiger partial charge in [-0.05, 0) is 49.9 Å². The lowest BCUT2D eigenvalue weighted by Crippen LogP contribution is -2.13. The lowest BCUT2D eigenvalue weighted by atomic mass is 10.5. The maximum absolute atomic E-state index is 10.5. The summed E-state index contributed by atoms with van der Waals surface area (Å²) in [5.41, 5.74) is 0. The third-order valence-corrected chi connectivity index (χ3v) is 9.93. The Morgan fingerprint density at radius 2 is 1.37 bits per heavy atom. The monoisotopic (exact) mass is 334 g/mol. The highest BCUT2D eigenvalue weighted by Crippen LogP contribution is 2.53. The number of ether oxygens (including phenoxy) is 1. The molecule has 0 aliphatic carbocycles. The first-order valence-electron chi connectivity index (χ1n) is 6.29. The Kier molecular flexibility index (Phi) is 8.36. The molecule has 0 aromatic heterocycles. The Balaban J connectivity index is 3.64. The lowest BCUT2D eigenvalue weighted by molar-refractivity contribution is 0.136. The fourth-order valence-corrected chi connectivity index (χ4v) is 11.5. The molecule has 0 radical (unpaired) electrons. The van der Waals surface area contributed by atoms with E-state index < -0.39 is 30.2 Å². The van der Waals surface area contributed by atoms with Gasteiger partial charge in [-0.1, -0.05) is 0 Å². The maximum Gasteiger partial charge on any atom is 0.264 e. The van der Waals surface area contributed by atoms with E-state index in [1.165, 1.54) is 10.8 Å². The molecule has 4 nitrogen and oxygen atoms in total. The predicted molar refractivity (Wildman–Crippen MR) is 91.0 cm³/mol. The van der Waals surface area contributed by atoms with Crippen LogP contribution >= 0.6 is 20.1 Å². The second kappa shape index (κ2) is 8.12. The molecule has 19 heavy (non-hydrogen) atoms. The van der Waals surface area contributed by atoms with Crippen molar-refractivity contribution in [3.63, 3.8) is 0 Å². The molecule has 0 spiro atoms. The van der Waals surface area contributed by atoms with E-state index in [1.807, 2.05) is 0 Å². The Morgan fingerprint density at radius 3 is 1.79 bits per heavy atom. The van der Waals surface area contributed by atoms with Gasteiger partial charge in [-0.3, -0.25) is 4.55 Å². The van der Waals surface area contributed by atoms with Crippen LogP contribution in [0.1, 0.15) is 12.8 Å². The minimum absolute atomic E-state index is 0.211. The van der Waals surface area contributed by atoms with Crippen LogP contribution in [-0.4, -0.2) is 74.1 Å². The molecule has 0 saturated heterocycles. The summed E-state index contributed by atoms with van der Waals surface area (Å²) in [7, 11) is -4.82. The van der Waals surface area contributed by atoms with Crippen LogP contribution in [0.3, 0.4) is 0 Å². The largest absolute Gasteiger partial charge is 0.381 e. The van der Waals surface area contributed by atoms with Gasteiger partial charge in [0.1, 0.15) is 0 Å². The molecule has 0 unspecified atom stereocenters. The van der Waals surface area contributed by atoms with Crippen LogP contribution in [0.5, 0.6) is 0 Å². The van der Waals surface area contributed by atoms with Gasteiger partial charge in [0.2, 0.25) is 0 Å². The molecule has 0 atom stereocenters. The van der Waals surface area contributed by atoms with E-state index in [0.29, 0.717) is 19.6 Å². The highest BCUT2D eigenvalue weighted by Gasteiger charge is 2.17. The normalized spacial score (nSPS) is 15.5. The summed E-state index contributed by atoms with van der Waals surface area (Å²) in [4.78, 5) is 0. The fourth-order valence-electron chi connectivity index (χ4n) is 2.01. The highest BCUT2D eigenvalue weighted by atomic mass is 32.3. The van der Waals surface area contributed by atoms with Crippen LogP contribution in [0.15, 0.2) is 0 Å². The summed E-state index contributed by atoms with van der Waals surface area (Å²) in [5.74, 6) is 0.993. The Bertz CT molecular complexity index is 344. The summed E-state index contributed by atoms with van der Waals surface area (Å²) >= 11 is 0. The van der Waals surface area contributed by atoms with Crippen LogP contribution in [0, 0.1) is 0 Å². The van der Waals surface area contributed by atoms with Crippen molar-refractivity contribution in [3.05, 3.63) is 0 Å². The van der Waals surface area contributed by atoms with Crippen molar-refractivity contribution in [3.8, 4) is 0 Å². The van der Waals surface area contributed by atoms with Gasteiger partial charge in [-0.2, -0.15) is 8.42 Å². The van der Waals surface area contributed by atoms with Crippen molar-refractivity contribution in [2.75, 3.05) is 61.1 Å². The average molecular weight is 335 g/mol. The van der Waals surface area contributed by atoms with Crippen molar-refractivity contribution in [1.82, 2.24) is 0 Å². The first kappa shape index (κ1) is 19.6. The van der Waals surface area contributed by atoms with Gasteiger partial charge < -0.3 is 4.74 Å². The Hall–Kier alpha value is 0.570. The van der Waals surface area contributed by atoms with Crippen LogP contribution < -0.4 is 0 Å². The third-order valence-electron chi connectivity index (χ3n) is 2.35. The zero-order chi connectivity index (χ0) is 15.2. The average Bonchev–Trinajstić information content (AvgIpc) is 2.10. The number of hydrogen-bond acceptors (Lipinski definition) is 3. The molecule has 1 N–H and O–H groups in total. The molecule has 0 rings (SSSR count). The standard InChI is InChI=1S/C12H30O4S3/c1-17(2,3)12-18(4,5)10-6-8-16-9-7-11-19(13,14)15/h6-12H2,1-5H3,(H,13,14,15). The molecular formula is C12H30O4S3. The second-order valence-corrected chi connectivity index (χ2v) is 16.9. The van der Waals surface area contributed by atoms with Crippen molar-refractivity contribution in [1.29, 1.82) is 0 Å². The molecule has 7 heteroatoms. The SMILES string of the molecule is CS(C)(C)CS(C)(C)CCCOCCCS(=O)(=O)O. The molecule has 0 amide bonds. The van der Waals surface area contributed by atoms with Gasteiger partial charge in [0.05, 0.1) is 5.75 Å². The first-order valence-corrected chi connectivity index (χ1v) is 13.7. The van der Waals surface area contributed by atoms with Crippen molar-refractivity contribution < 1.29 is 17.7 Å². The van der Waals surface area contributed by atoms with Crippen molar-refractivity contribution >= 4 is 30.2 Å². The molecule has 0 aliphatic heterocycles. The van der Waals surface area contributed by atoms with E-state index in [-0.39, 0.29) is 5.75 Å². The summed E-state index contributed by atoms with van der Waals surface area (Å²) in [6, 6.07) is 0. The van der Waals surface area contributed by atoms with Crippen LogP contribution in [0.4, 0.5) is 0 Å². The van der Waals surface area contributed by atoms with Crippen molar-refractivity contribution in [2.45, 2.75) is 12.8 Å². The molecule has 0 aromatic carbocycles. The zero-order valence-electron chi connectivity index (χ0n) is 12.8. The molecule has 0 aliphatic rings. The maximum atomic E-state index is 10.5. The Morgan fingerprint density at radius 1 is 0.895 bits per heavy atom. The van der Waals surface area contributed by atoms with E-state index in [2.05, 4.69) is 31.3 Å². The zero-order valence-corrected chi connectivity index (χ0v) is 15.3. The van der Waals surface area contributed by atoms with Gasteiger partial charge in [-0.15, -0.1) is 0 Å². The summed E-state index contributed by atoms with van der Waals surface area (Å²) in [5, 5.41) is 1.34.